The highest BCUT2D eigenvalue weighted by Crippen LogP contribution is 2.21. The zero-order valence-corrected chi connectivity index (χ0v) is 8.07. The molecule has 2 rings (SSSR count). The topological polar surface area (TPSA) is 30.0 Å². The lowest BCUT2D eigenvalue weighted by Crippen LogP contribution is -2.07. The van der Waals surface area contributed by atoms with E-state index in [0.717, 1.165) is 36.8 Å². The third-order valence-electron chi connectivity index (χ3n) is 2.51. The lowest BCUT2D eigenvalue weighted by Gasteiger charge is -2.12. The highest BCUT2D eigenvalue weighted by molar-refractivity contribution is 6.00. The summed E-state index contributed by atoms with van der Waals surface area (Å²) in [6.07, 6.45) is 9.33. The van der Waals surface area contributed by atoms with Gasteiger partial charge in [-0.1, -0.05) is 0 Å². The first kappa shape index (κ1) is 9.13. The molecule has 0 radical (unpaired) electrons. The molecule has 0 atom stereocenters. The van der Waals surface area contributed by atoms with Gasteiger partial charge in [-0.2, -0.15) is 0 Å². The molecule has 0 saturated heterocycles. The molecule has 1 aliphatic carbocycles. The monoisotopic (exact) mass is 187 g/mol. The molecule has 2 nitrogen and oxygen atoms in total. The van der Waals surface area contributed by atoms with Crippen molar-refractivity contribution in [3.63, 3.8) is 0 Å². The van der Waals surface area contributed by atoms with Gasteiger partial charge in [0.1, 0.15) is 0 Å². The van der Waals surface area contributed by atoms with Gasteiger partial charge in [0.15, 0.2) is 5.78 Å². The van der Waals surface area contributed by atoms with Crippen LogP contribution in [0.5, 0.6) is 0 Å². The molecule has 0 spiro atoms. The van der Waals surface area contributed by atoms with Crippen molar-refractivity contribution >= 4 is 11.9 Å². The second-order valence-corrected chi connectivity index (χ2v) is 3.58. The molecule has 14 heavy (non-hydrogen) atoms. The lowest BCUT2D eigenvalue weighted by atomic mass is 9.92. The average Bonchev–Trinajstić information content (AvgIpc) is 2.23. The number of hydrogen-bond acceptors (Lipinski definition) is 2. The molecule has 0 amide bonds. The fourth-order valence-electron chi connectivity index (χ4n) is 1.71. The molecule has 1 fully saturated rings. The fourth-order valence-corrected chi connectivity index (χ4v) is 1.71. The maximum absolute atomic E-state index is 11.5. The van der Waals surface area contributed by atoms with E-state index in [4.69, 9.17) is 0 Å². The molecule has 2 heteroatoms. The van der Waals surface area contributed by atoms with Crippen molar-refractivity contribution in [3.05, 3.63) is 35.7 Å². The van der Waals surface area contributed by atoms with Crippen LogP contribution in [0.2, 0.25) is 0 Å². The van der Waals surface area contributed by atoms with Gasteiger partial charge in [0.05, 0.1) is 0 Å². The van der Waals surface area contributed by atoms with Gasteiger partial charge < -0.3 is 0 Å². The zero-order chi connectivity index (χ0) is 9.80. The van der Waals surface area contributed by atoms with E-state index in [1.807, 2.05) is 18.2 Å². The number of aromatic nitrogens is 1. The van der Waals surface area contributed by atoms with Crippen LogP contribution in [0.15, 0.2) is 30.1 Å². The summed E-state index contributed by atoms with van der Waals surface area (Å²) in [5.74, 6) is 0.313. The fraction of sp³-hybridized carbons (Fsp3) is 0.333. The molecule has 0 unspecified atom stereocenters. The number of allylic oxidation sites excluding steroid dienone is 1. The van der Waals surface area contributed by atoms with Crippen LogP contribution in [0.3, 0.4) is 0 Å². The zero-order valence-electron chi connectivity index (χ0n) is 8.07. The summed E-state index contributed by atoms with van der Waals surface area (Å²) in [6, 6.07) is 3.85. The first-order valence-electron chi connectivity index (χ1n) is 5.00. The summed E-state index contributed by atoms with van der Waals surface area (Å²) in [5, 5.41) is 0. The van der Waals surface area contributed by atoms with E-state index < -0.39 is 0 Å². The Bertz CT molecular complexity index is 354. The van der Waals surface area contributed by atoms with E-state index in [0.29, 0.717) is 5.78 Å². The second-order valence-electron chi connectivity index (χ2n) is 3.58. The molecule has 0 bridgehead atoms. The number of nitrogens with zero attached hydrogens (tertiary/aromatic N) is 1. The van der Waals surface area contributed by atoms with Gasteiger partial charge in [0, 0.05) is 18.8 Å². The van der Waals surface area contributed by atoms with Crippen molar-refractivity contribution in [2.75, 3.05) is 0 Å². The maximum Gasteiger partial charge on any atom is 0.158 e. The van der Waals surface area contributed by atoms with Crippen molar-refractivity contribution < 1.29 is 4.79 Å². The van der Waals surface area contributed by atoms with Crippen LogP contribution in [-0.2, 0) is 4.79 Å². The Balaban J connectivity index is 2.21. The molecular weight excluding hydrogens is 174 g/mol. The van der Waals surface area contributed by atoms with E-state index in [1.54, 1.807) is 12.4 Å². The first-order chi connectivity index (χ1) is 6.86. The Labute approximate surface area is 83.7 Å². The Kier molecular flexibility index (Phi) is 2.73. The van der Waals surface area contributed by atoms with Gasteiger partial charge in [0.25, 0.3) is 0 Å². The maximum atomic E-state index is 11.5. The van der Waals surface area contributed by atoms with Crippen LogP contribution < -0.4 is 0 Å². The van der Waals surface area contributed by atoms with Crippen LogP contribution in [0, 0.1) is 0 Å². The van der Waals surface area contributed by atoms with Gasteiger partial charge in [-0.15, -0.1) is 0 Å². The number of rotatable bonds is 1. The average molecular weight is 187 g/mol. The molecule has 1 aromatic rings. The van der Waals surface area contributed by atoms with Crippen LogP contribution in [0.4, 0.5) is 0 Å². The van der Waals surface area contributed by atoms with E-state index in [2.05, 4.69) is 4.98 Å². The molecular formula is C12H13NO. The van der Waals surface area contributed by atoms with E-state index in [-0.39, 0.29) is 0 Å². The Hall–Kier alpha value is -1.44. The highest BCUT2D eigenvalue weighted by Gasteiger charge is 2.14. The summed E-state index contributed by atoms with van der Waals surface area (Å²) in [5.41, 5.74) is 2.05. The Morgan fingerprint density at radius 3 is 2.57 bits per heavy atom. The number of pyridine rings is 1. The molecule has 0 aromatic carbocycles. The van der Waals surface area contributed by atoms with Crippen LogP contribution >= 0.6 is 0 Å². The van der Waals surface area contributed by atoms with E-state index in [1.165, 1.54) is 0 Å². The van der Waals surface area contributed by atoms with Gasteiger partial charge in [-0.3, -0.25) is 9.78 Å². The smallest absolute Gasteiger partial charge is 0.158 e. The molecule has 0 N–H and O–H groups in total. The van der Waals surface area contributed by atoms with Crippen molar-refractivity contribution in [2.45, 2.75) is 25.7 Å². The quantitative estimate of drug-likeness (QED) is 0.632. The number of carbonyl (C=O) groups is 1. The SMILES string of the molecule is O=C1CCCCC1=Cc1ccncc1. The second kappa shape index (κ2) is 4.18. The predicted molar refractivity (Wildman–Crippen MR) is 55.7 cm³/mol. The molecule has 0 aliphatic heterocycles. The first-order valence-corrected chi connectivity index (χ1v) is 5.00. The molecule has 1 heterocycles. The predicted octanol–water partition coefficient (Wildman–Crippen LogP) is 2.61. The van der Waals surface area contributed by atoms with Gasteiger partial charge in [0.2, 0.25) is 0 Å². The summed E-state index contributed by atoms with van der Waals surface area (Å²) >= 11 is 0. The third-order valence-corrected chi connectivity index (χ3v) is 2.51. The van der Waals surface area contributed by atoms with Crippen LogP contribution in [0.1, 0.15) is 31.2 Å². The van der Waals surface area contributed by atoms with Gasteiger partial charge in [-0.25, -0.2) is 0 Å². The van der Waals surface area contributed by atoms with Gasteiger partial charge in [-0.05, 0) is 48.6 Å². The van der Waals surface area contributed by atoms with Gasteiger partial charge >= 0.3 is 0 Å². The summed E-state index contributed by atoms with van der Waals surface area (Å²) in [6.45, 7) is 0. The molecule has 1 saturated carbocycles. The number of carbonyl (C=O) groups excluding carboxylic acids is 1. The van der Waals surface area contributed by atoms with E-state index in [9.17, 15) is 4.79 Å². The molecule has 1 aromatic heterocycles. The third kappa shape index (κ3) is 2.08. The van der Waals surface area contributed by atoms with Crippen LogP contribution in [-0.4, -0.2) is 10.8 Å². The van der Waals surface area contributed by atoms with Crippen molar-refractivity contribution in [3.8, 4) is 0 Å². The Morgan fingerprint density at radius 1 is 1.14 bits per heavy atom. The minimum atomic E-state index is 0.313. The summed E-state index contributed by atoms with van der Waals surface area (Å²) < 4.78 is 0. The standard InChI is InChI=1S/C12H13NO/c14-12-4-2-1-3-11(12)9-10-5-7-13-8-6-10/h5-9H,1-4H2. The highest BCUT2D eigenvalue weighted by atomic mass is 16.1. The lowest BCUT2D eigenvalue weighted by molar-refractivity contribution is -0.116. The van der Waals surface area contributed by atoms with E-state index >= 15 is 0 Å². The van der Waals surface area contributed by atoms with Crippen molar-refractivity contribution in [1.29, 1.82) is 0 Å². The molecule has 72 valence electrons. The largest absolute Gasteiger partial charge is 0.295 e. The number of Topliss-reactive ketones (excluding diaryl/α,β-unsaturated/α-hetero) is 1. The van der Waals surface area contributed by atoms with Crippen molar-refractivity contribution in [2.24, 2.45) is 0 Å². The molecule has 1 aliphatic rings. The number of ketones is 1. The van der Waals surface area contributed by atoms with Crippen molar-refractivity contribution in [1.82, 2.24) is 4.98 Å². The minimum Gasteiger partial charge on any atom is -0.295 e. The van der Waals surface area contributed by atoms with Crippen LogP contribution in [0.25, 0.3) is 6.08 Å². The summed E-state index contributed by atoms with van der Waals surface area (Å²) in [4.78, 5) is 15.5. The Morgan fingerprint density at radius 2 is 1.86 bits per heavy atom. The number of hydrogen-bond donors (Lipinski definition) is 0. The summed E-state index contributed by atoms with van der Waals surface area (Å²) in [7, 11) is 0. The normalized spacial score (nSPS) is 20.0. The minimum absolute atomic E-state index is 0.313.